The first-order chi connectivity index (χ1) is 6.06. The first-order valence-corrected chi connectivity index (χ1v) is 4.22. The molecule has 0 heterocycles. The van der Waals surface area contributed by atoms with Gasteiger partial charge in [-0.15, -0.1) is 0 Å². The molecule has 0 atom stereocenters. The molecule has 1 aromatic carbocycles. The zero-order valence-corrected chi connectivity index (χ0v) is 8.47. The molecule has 70 valence electrons. The predicted octanol–water partition coefficient (Wildman–Crippen LogP) is 2.51. The number of benzene rings is 1. The second-order valence-electron chi connectivity index (χ2n) is 3.19. The lowest BCUT2D eigenvalue weighted by molar-refractivity contribution is 0.101. The summed E-state index contributed by atoms with van der Waals surface area (Å²) >= 11 is 0. The van der Waals surface area contributed by atoms with Crippen LogP contribution >= 0.6 is 0 Å². The molecule has 0 unspecified atom stereocenters. The Kier molecular flexibility index (Phi) is 2.71. The van der Waals surface area contributed by atoms with E-state index in [1.165, 1.54) is 0 Å². The number of ether oxygens (including phenoxy) is 1. The Balaban J connectivity index is 3.33. The lowest BCUT2D eigenvalue weighted by Gasteiger charge is -2.08. The van der Waals surface area contributed by atoms with Crippen molar-refractivity contribution in [2.24, 2.45) is 0 Å². The van der Waals surface area contributed by atoms with Gasteiger partial charge in [0.05, 0.1) is 12.7 Å². The van der Waals surface area contributed by atoms with Crippen molar-refractivity contribution in [1.29, 1.82) is 0 Å². The van der Waals surface area contributed by atoms with Gasteiger partial charge in [0.25, 0.3) is 0 Å². The largest absolute Gasteiger partial charge is 0.496 e. The first kappa shape index (κ1) is 9.78. The molecule has 0 amide bonds. The molecule has 1 rings (SSSR count). The molecular formula is C11H14O2. The number of hydrogen-bond donors (Lipinski definition) is 0. The van der Waals surface area contributed by atoms with Gasteiger partial charge in [0.2, 0.25) is 0 Å². The van der Waals surface area contributed by atoms with E-state index in [4.69, 9.17) is 4.74 Å². The van der Waals surface area contributed by atoms with Crippen molar-refractivity contribution in [3.05, 3.63) is 28.8 Å². The molecule has 0 bridgehead atoms. The van der Waals surface area contributed by atoms with E-state index in [0.29, 0.717) is 11.3 Å². The summed E-state index contributed by atoms with van der Waals surface area (Å²) in [5.74, 6) is 0.704. The van der Waals surface area contributed by atoms with Crippen LogP contribution in [0.1, 0.15) is 28.4 Å². The number of methoxy groups -OCH3 is 1. The van der Waals surface area contributed by atoms with E-state index in [9.17, 15) is 4.79 Å². The highest BCUT2D eigenvalue weighted by Crippen LogP contribution is 2.23. The van der Waals surface area contributed by atoms with E-state index in [0.717, 1.165) is 11.1 Å². The fourth-order valence-electron chi connectivity index (χ4n) is 1.23. The summed E-state index contributed by atoms with van der Waals surface area (Å²) in [6.45, 7) is 5.54. The molecule has 0 aliphatic heterocycles. The molecule has 1 aromatic rings. The van der Waals surface area contributed by atoms with Crippen LogP contribution in [0.5, 0.6) is 5.75 Å². The number of carbonyl (C=O) groups excluding carboxylic acids is 1. The minimum absolute atomic E-state index is 0.0416. The molecule has 2 heteroatoms. The number of ketones is 1. The molecule has 0 radical (unpaired) electrons. The van der Waals surface area contributed by atoms with Crippen molar-refractivity contribution in [3.8, 4) is 5.75 Å². The molecule has 0 aliphatic rings. The molecule has 0 aromatic heterocycles. The topological polar surface area (TPSA) is 26.3 Å². The molecule has 13 heavy (non-hydrogen) atoms. The van der Waals surface area contributed by atoms with E-state index in [2.05, 4.69) is 0 Å². The van der Waals surface area contributed by atoms with Crippen LogP contribution in [0.3, 0.4) is 0 Å². The summed E-state index contributed by atoms with van der Waals surface area (Å²) in [5, 5.41) is 0. The Labute approximate surface area is 78.5 Å². The highest BCUT2D eigenvalue weighted by Gasteiger charge is 2.09. The maximum Gasteiger partial charge on any atom is 0.163 e. The third-order valence-electron chi connectivity index (χ3n) is 2.20. The lowest BCUT2D eigenvalue weighted by Crippen LogP contribution is -1.99. The lowest BCUT2D eigenvalue weighted by atomic mass is 10.0. The zero-order chi connectivity index (χ0) is 10.0. The van der Waals surface area contributed by atoms with E-state index >= 15 is 0 Å². The predicted molar refractivity (Wildman–Crippen MR) is 52.5 cm³/mol. The van der Waals surface area contributed by atoms with E-state index < -0.39 is 0 Å². The highest BCUT2D eigenvalue weighted by molar-refractivity contribution is 5.97. The average molecular weight is 178 g/mol. The van der Waals surface area contributed by atoms with Crippen molar-refractivity contribution in [3.63, 3.8) is 0 Å². The van der Waals surface area contributed by atoms with Crippen LogP contribution in [0.4, 0.5) is 0 Å². The Morgan fingerprint density at radius 2 is 1.77 bits per heavy atom. The van der Waals surface area contributed by atoms with Gasteiger partial charge in [-0.1, -0.05) is 0 Å². The van der Waals surface area contributed by atoms with Crippen molar-refractivity contribution < 1.29 is 9.53 Å². The van der Waals surface area contributed by atoms with Gasteiger partial charge >= 0.3 is 0 Å². The molecule has 2 nitrogen and oxygen atoms in total. The second kappa shape index (κ2) is 3.60. The van der Waals surface area contributed by atoms with E-state index in [1.54, 1.807) is 14.0 Å². The standard InChI is InChI=1S/C11H14O2/c1-7-5-10(9(3)12)11(13-4)6-8(7)2/h5-6H,1-4H3. The van der Waals surface area contributed by atoms with Gasteiger partial charge in [-0.05, 0) is 44.0 Å². The fourth-order valence-corrected chi connectivity index (χ4v) is 1.23. The van der Waals surface area contributed by atoms with Gasteiger partial charge < -0.3 is 4.74 Å². The van der Waals surface area contributed by atoms with Crippen LogP contribution in [-0.4, -0.2) is 12.9 Å². The van der Waals surface area contributed by atoms with Crippen LogP contribution in [0.2, 0.25) is 0 Å². The molecule has 0 aliphatic carbocycles. The van der Waals surface area contributed by atoms with Crippen molar-refractivity contribution in [1.82, 2.24) is 0 Å². The Hall–Kier alpha value is -1.31. The van der Waals surface area contributed by atoms with Gasteiger partial charge in [-0.3, -0.25) is 4.79 Å². The zero-order valence-electron chi connectivity index (χ0n) is 8.47. The molecular weight excluding hydrogens is 164 g/mol. The third-order valence-corrected chi connectivity index (χ3v) is 2.20. The normalized spacial score (nSPS) is 9.85. The quantitative estimate of drug-likeness (QED) is 0.650. The number of hydrogen-bond acceptors (Lipinski definition) is 2. The number of rotatable bonds is 2. The van der Waals surface area contributed by atoms with Crippen molar-refractivity contribution in [2.45, 2.75) is 20.8 Å². The smallest absolute Gasteiger partial charge is 0.163 e. The Morgan fingerprint density at radius 1 is 1.23 bits per heavy atom. The average Bonchev–Trinajstić information content (AvgIpc) is 2.08. The molecule has 0 N–H and O–H groups in total. The molecule has 0 saturated heterocycles. The van der Waals surface area contributed by atoms with Crippen molar-refractivity contribution >= 4 is 5.78 Å². The van der Waals surface area contributed by atoms with E-state index in [1.807, 2.05) is 26.0 Å². The van der Waals surface area contributed by atoms with Crippen LogP contribution in [0.25, 0.3) is 0 Å². The summed E-state index contributed by atoms with van der Waals surface area (Å²) in [6, 6.07) is 3.77. The third kappa shape index (κ3) is 1.89. The summed E-state index contributed by atoms with van der Waals surface area (Å²) in [4.78, 5) is 11.2. The van der Waals surface area contributed by atoms with Gasteiger partial charge in [0, 0.05) is 0 Å². The van der Waals surface area contributed by atoms with Gasteiger partial charge in [0.15, 0.2) is 5.78 Å². The van der Waals surface area contributed by atoms with Crippen LogP contribution in [0.15, 0.2) is 12.1 Å². The molecule has 0 saturated carbocycles. The number of carbonyl (C=O) groups is 1. The summed E-state index contributed by atoms with van der Waals surface area (Å²) in [6.07, 6.45) is 0. The minimum atomic E-state index is 0.0416. The minimum Gasteiger partial charge on any atom is -0.496 e. The molecule has 0 fully saturated rings. The summed E-state index contributed by atoms with van der Waals surface area (Å²) in [7, 11) is 1.58. The SMILES string of the molecule is COc1cc(C)c(C)cc1C(C)=O. The van der Waals surface area contributed by atoms with Gasteiger partial charge in [-0.25, -0.2) is 0 Å². The highest BCUT2D eigenvalue weighted by atomic mass is 16.5. The summed E-state index contributed by atoms with van der Waals surface area (Å²) in [5.41, 5.74) is 2.92. The first-order valence-electron chi connectivity index (χ1n) is 4.22. The van der Waals surface area contributed by atoms with Crippen LogP contribution in [-0.2, 0) is 0 Å². The van der Waals surface area contributed by atoms with Crippen LogP contribution in [0, 0.1) is 13.8 Å². The summed E-state index contributed by atoms with van der Waals surface area (Å²) < 4.78 is 5.12. The second-order valence-corrected chi connectivity index (χ2v) is 3.19. The van der Waals surface area contributed by atoms with Gasteiger partial charge in [-0.2, -0.15) is 0 Å². The van der Waals surface area contributed by atoms with E-state index in [-0.39, 0.29) is 5.78 Å². The van der Waals surface area contributed by atoms with Gasteiger partial charge in [0.1, 0.15) is 5.75 Å². The maximum atomic E-state index is 11.2. The Morgan fingerprint density at radius 3 is 2.23 bits per heavy atom. The maximum absolute atomic E-state index is 11.2. The monoisotopic (exact) mass is 178 g/mol. The fraction of sp³-hybridized carbons (Fsp3) is 0.364. The molecule has 0 spiro atoms. The van der Waals surface area contributed by atoms with Crippen LogP contribution < -0.4 is 4.74 Å². The van der Waals surface area contributed by atoms with Crippen molar-refractivity contribution in [2.75, 3.05) is 7.11 Å². The number of aryl methyl sites for hydroxylation is 2. The Bertz CT molecular complexity index is 340. The number of Topliss-reactive ketones (excluding diaryl/α,β-unsaturated/α-hetero) is 1.